The van der Waals surface area contributed by atoms with E-state index in [2.05, 4.69) is 287 Å². The van der Waals surface area contributed by atoms with Crippen molar-refractivity contribution in [2.24, 2.45) is 5.92 Å². The van der Waals surface area contributed by atoms with Crippen LogP contribution in [0.5, 0.6) is 0 Å². The highest BCUT2D eigenvalue weighted by atomic mass is 32.2. The topological polar surface area (TPSA) is 159 Å². The maximum Gasteiger partial charge on any atom is 0.238 e. The lowest BCUT2D eigenvalue weighted by molar-refractivity contribution is 0.579. The van der Waals surface area contributed by atoms with Crippen molar-refractivity contribution in [3.63, 3.8) is 0 Å². The van der Waals surface area contributed by atoms with Gasteiger partial charge in [0.1, 0.15) is 4.90 Å². The summed E-state index contributed by atoms with van der Waals surface area (Å²) in [5.74, 6) is 2.61. The Kier molecular flexibility index (Phi) is 17.3. The molecule has 0 amide bonds. The Morgan fingerprint density at radius 1 is 0.256 bits per heavy atom. The molecular weight excluding hydrogens is 1670 g/mol. The molecule has 2 aromatic heterocycles. The molecule has 19 aromatic rings. The molecule has 0 saturated heterocycles. The first-order valence-corrected chi connectivity index (χ1v) is 47.6. The molecule has 2 atom stereocenters. The second kappa shape index (κ2) is 29.7. The number of hydrogen-bond donors (Lipinski definition) is 0. The van der Waals surface area contributed by atoms with Crippen LogP contribution >= 0.6 is 0 Å². The fourth-order valence-corrected chi connectivity index (χ4v) is 25.5. The van der Waals surface area contributed by atoms with Gasteiger partial charge in [-0.25, -0.2) is 26.8 Å². The lowest BCUT2D eigenvalue weighted by atomic mass is 9.64. The fourth-order valence-electron chi connectivity index (χ4n) is 22.1. The van der Waals surface area contributed by atoms with Crippen LogP contribution in [-0.4, -0.2) is 52.8 Å². The first kappa shape index (κ1) is 77.5. The molecule has 16 heteroatoms. The van der Waals surface area contributed by atoms with E-state index in [1.54, 1.807) is 12.1 Å². The second-order valence-corrected chi connectivity index (χ2v) is 38.5. The number of para-hydroxylation sites is 6. The van der Waals surface area contributed by atoms with Crippen molar-refractivity contribution in [3.05, 3.63) is 475 Å². The van der Waals surface area contributed by atoms with Crippen molar-refractivity contribution >= 4 is 82.8 Å². The van der Waals surface area contributed by atoms with Crippen molar-refractivity contribution in [3.8, 4) is 101 Å². The van der Waals surface area contributed by atoms with Crippen LogP contribution in [0.25, 0.3) is 101 Å². The van der Waals surface area contributed by atoms with Gasteiger partial charge in [0.05, 0.1) is 77.1 Å². The van der Waals surface area contributed by atoms with Gasteiger partial charge in [-0.15, -0.1) is 0 Å². The van der Waals surface area contributed by atoms with E-state index < -0.39 is 30.5 Å². The molecule has 0 bridgehead atoms. The molecule has 0 radical (unpaired) electrons. The van der Waals surface area contributed by atoms with Gasteiger partial charge in [0.25, 0.3) is 0 Å². The van der Waals surface area contributed by atoms with E-state index in [4.69, 9.17) is 29.9 Å². The van der Waals surface area contributed by atoms with Crippen molar-refractivity contribution in [2.45, 2.75) is 43.4 Å². The van der Waals surface area contributed by atoms with Gasteiger partial charge in [0, 0.05) is 39.1 Å². The van der Waals surface area contributed by atoms with E-state index in [0.717, 1.165) is 140 Å². The highest BCUT2D eigenvalue weighted by Gasteiger charge is 2.57. The van der Waals surface area contributed by atoms with Gasteiger partial charge < -0.3 is 9.80 Å². The van der Waals surface area contributed by atoms with Crippen LogP contribution in [-0.2, 0) is 30.5 Å². The Balaban J connectivity index is 0.615. The molecule has 14 nitrogen and oxygen atoms in total. The Morgan fingerprint density at radius 2 is 0.624 bits per heavy atom. The fraction of sp³-hybridized carbons (Fsp3) is 0.0427. The average Bonchev–Trinajstić information content (AvgIpc) is 1.51. The first-order valence-electron chi connectivity index (χ1n) is 44.7. The van der Waals surface area contributed by atoms with E-state index >= 15 is 16.8 Å². The second-order valence-electron chi connectivity index (χ2n) is 34.7. The van der Waals surface area contributed by atoms with E-state index in [1.165, 1.54) is 0 Å². The van der Waals surface area contributed by atoms with E-state index in [0.29, 0.717) is 69.1 Å². The van der Waals surface area contributed by atoms with Crippen LogP contribution in [0.2, 0.25) is 0 Å². The summed E-state index contributed by atoms with van der Waals surface area (Å²) in [5, 5.41) is 0. The molecule has 0 saturated carbocycles. The van der Waals surface area contributed by atoms with Crippen LogP contribution in [0.4, 0.5) is 63.1 Å². The molecule has 133 heavy (non-hydrogen) atoms. The number of sulfone groups is 2. The molecule has 0 fully saturated rings. The van der Waals surface area contributed by atoms with Crippen molar-refractivity contribution in [1.29, 1.82) is 0 Å². The molecule has 7 aliphatic rings. The van der Waals surface area contributed by atoms with Gasteiger partial charge in [0.2, 0.25) is 31.6 Å². The van der Waals surface area contributed by atoms with E-state index in [1.807, 2.05) is 158 Å². The highest BCUT2D eigenvalue weighted by molar-refractivity contribution is 7.92. The molecule has 630 valence electrons. The average molecular weight is 1750 g/mol. The van der Waals surface area contributed by atoms with Gasteiger partial charge in [-0.2, -0.15) is 19.9 Å². The van der Waals surface area contributed by atoms with Gasteiger partial charge in [-0.1, -0.05) is 359 Å². The van der Waals surface area contributed by atoms with Gasteiger partial charge in [-0.05, 0) is 174 Å². The standard InChI is InChI=1S/C117H76N10O4S2/c1-73-31-14-23-50-95(73)125-101-68-66-94-107(86-43-16-18-45-88(86)117(94)91-48-21-26-53-98(91)126(99-54-27-22-49-92(99)117)114-120-110(78-36-10-4-11-37-78)118-111(121-114)79-61-57-76(58-62-79)74-32-6-2-7-33-74)109(101)133(130,131)104-69-65-82(72-102(104)125)81-38-30-39-83(71-81)113-119-112(80-63-59-77(60-64-80)75-34-8-3-9-35-75)122-115(123-113)127-96-51-24-19-46-89(96)116(90-47-20-25-52-97(90)127)87-44-17-15-42-85(87)106-93(116)67-70-105-108(106)124(84-40-12-5-13-41-84)100-55-28-29-56-103(100)132(105,128)129/h2-73,95H,1H3. The normalized spacial score (nSPS) is 16.1. The molecule has 26 rings (SSSR count). The third-order valence-corrected chi connectivity index (χ3v) is 31.5. The maximum absolute atomic E-state index is 17.0. The van der Waals surface area contributed by atoms with Crippen LogP contribution in [0, 0.1) is 5.92 Å². The molecule has 2 unspecified atom stereocenters. The molecule has 6 heterocycles. The predicted octanol–water partition coefficient (Wildman–Crippen LogP) is 27.0. The molecule has 2 spiro atoms. The molecular formula is C117H76N10O4S2. The monoisotopic (exact) mass is 1750 g/mol. The predicted molar refractivity (Wildman–Crippen MR) is 528 cm³/mol. The Hall–Kier alpha value is -16.7. The third kappa shape index (κ3) is 11.4. The Morgan fingerprint density at radius 3 is 1.15 bits per heavy atom. The third-order valence-electron chi connectivity index (χ3n) is 27.7. The van der Waals surface area contributed by atoms with E-state index in [-0.39, 0.29) is 31.5 Å². The zero-order valence-electron chi connectivity index (χ0n) is 71.6. The zero-order chi connectivity index (χ0) is 88.6. The van der Waals surface area contributed by atoms with Gasteiger partial charge in [-0.3, -0.25) is 9.80 Å². The summed E-state index contributed by atoms with van der Waals surface area (Å²) in [6, 6.07) is 137. The number of aromatic nitrogens is 6. The minimum absolute atomic E-state index is 0.0626. The maximum atomic E-state index is 17.0. The number of allylic oxidation sites excluding steroid dienone is 2. The van der Waals surface area contributed by atoms with E-state index in [9.17, 15) is 0 Å². The minimum Gasteiger partial charge on any atom is -0.332 e. The largest absolute Gasteiger partial charge is 0.332 e. The Bertz CT molecular complexity index is 8330. The van der Waals surface area contributed by atoms with Crippen molar-refractivity contribution in [2.75, 3.05) is 19.6 Å². The minimum atomic E-state index is -4.41. The quantitative estimate of drug-likeness (QED) is 0.120. The summed E-state index contributed by atoms with van der Waals surface area (Å²) in [6.45, 7) is 2.20. The number of hydrogen-bond acceptors (Lipinski definition) is 14. The summed E-state index contributed by atoms with van der Waals surface area (Å²) < 4.78 is 64.7. The molecule has 0 N–H and O–H groups in total. The zero-order valence-corrected chi connectivity index (χ0v) is 73.2. The van der Waals surface area contributed by atoms with Crippen LogP contribution in [0.1, 0.15) is 51.4 Å². The summed E-state index contributed by atoms with van der Waals surface area (Å²) >= 11 is 0. The number of nitrogens with zero attached hydrogens (tertiary/aromatic N) is 10. The summed E-state index contributed by atoms with van der Waals surface area (Å²) in [4.78, 5) is 42.4. The van der Waals surface area contributed by atoms with Gasteiger partial charge >= 0.3 is 0 Å². The molecule has 17 aromatic carbocycles. The van der Waals surface area contributed by atoms with Crippen LogP contribution in [0.15, 0.2) is 450 Å². The number of anilines is 11. The lowest BCUT2D eigenvalue weighted by Crippen LogP contribution is -2.39. The van der Waals surface area contributed by atoms with Crippen LogP contribution < -0.4 is 19.6 Å². The summed E-state index contributed by atoms with van der Waals surface area (Å²) in [5.41, 5.74) is 24.1. The summed E-state index contributed by atoms with van der Waals surface area (Å²) in [7, 11) is -8.45. The number of fused-ring (bicyclic) bond motifs is 24. The van der Waals surface area contributed by atoms with Crippen molar-refractivity contribution in [1.82, 2.24) is 29.9 Å². The van der Waals surface area contributed by atoms with Crippen LogP contribution in [0.3, 0.4) is 0 Å². The Labute approximate surface area is 769 Å². The van der Waals surface area contributed by atoms with Gasteiger partial charge in [0.15, 0.2) is 23.3 Å². The molecule has 4 aliphatic heterocycles. The SMILES string of the molecule is CC1C=CC=CC1N1c2cc(-c3cccc(-c4nc(-c5ccc(-c6ccccc6)cc5)nc(N5c6ccccc6C6(c7ccccc7-c7c6ccc6c7N(c7ccccc7)c7ccccc7S6(=O)=O)c6ccccc65)n4)c3)ccc2S(=O)(=O)c2c1ccc1c2-c2ccccc2C12c1ccccc1N(c1nc(-c3ccccc3)nc(-c3ccc(-c4ccccc4)cc3)n1)c1ccccc12. The lowest BCUT2D eigenvalue weighted by Gasteiger charge is -2.44. The number of benzene rings is 17. The van der Waals surface area contributed by atoms with Crippen molar-refractivity contribution < 1.29 is 16.8 Å². The molecule has 3 aliphatic carbocycles. The summed E-state index contributed by atoms with van der Waals surface area (Å²) in [6.07, 6.45) is 8.54. The highest BCUT2D eigenvalue weighted by Crippen LogP contribution is 2.69. The number of rotatable bonds is 11. The first-order chi connectivity index (χ1) is 65.4. The smallest absolute Gasteiger partial charge is 0.238 e.